The molecule has 0 bridgehead atoms. The first kappa shape index (κ1) is 18.0. The van der Waals surface area contributed by atoms with Crippen molar-refractivity contribution in [1.82, 2.24) is 25.9 Å². The number of tetrazole rings is 1. The zero-order chi connectivity index (χ0) is 18.9. The van der Waals surface area contributed by atoms with E-state index in [9.17, 15) is 0 Å². The molecule has 3 aromatic rings. The van der Waals surface area contributed by atoms with Gasteiger partial charge in [-0.05, 0) is 47.0 Å². The molecular formula is C20H22BrN5O. The van der Waals surface area contributed by atoms with Gasteiger partial charge in [0.15, 0.2) is 5.76 Å². The molecule has 2 N–H and O–H groups in total. The van der Waals surface area contributed by atoms with Gasteiger partial charge in [-0.3, -0.25) is 0 Å². The Bertz CT molecular complexity index is 1000. The lowest BCUT2D eigenvalue weighted by atomic mass is 9.79. The van der Waals surface area contributed by atoms with Crippen molar-refractivity contribution in [3.63, 3.8) is 0 Å². The third kappa shape index (κ3) is 3.69. The first-order valence-electron chi connectivity index (χ1n) is 9.16. The fourth-order valence-corrected chi connectivity index (χ4v) is 4.08. The smallest absolute Gasteiger partial charge is 0.215 e. The average molecular weight is 428 g/mol. The summed E-state index contributed by atoms with van der Waals surface area (Å²) in [6, 6.07) is 8.16. The first-order valence-corrected chi connectivity index (χ1v) is 9.95. The molecule has 6 nitrogen and oxygen atoms in total. The number of allylic oxidation sites excluding steroid dienone is 3. The topological polar surface area (TPSA) is 79.6 Å². The van der Waals surface area contributed by atoms with Gasteiger partial charge in [0.25, 0.3) is 0 Å². The number of furan rings is 1. The van der Waals surface area contributed by atoms with Crippen LogP contribution in [0.4, 0.5) is 0 Å². The second-order valence-electron chi connectivity index (χ2n) is 7.25. The summed E-state index contributed by atoms with van der Waals surface area (Å²) in [6.45, 7) is 5.29. The molecule has 0 saturated heterocycles. The standard InChI is InChI=1S/C20H22BrN5O/c1-3-7-20(2)8-6-15(11-18(20)21)22-12-13-4-5-14-10-17(27-16(14)9-13)19-23-25-26-24-19/h4-6,9-11,22H,3,7-8,12H2,1-2H3,(H,23,24,25,26). The van der Waals surface area contributed by atoms with E-state index in [0.29, 0.717) is 11.6 Å². The SMILES string of the molecule is CCCC1(C)CC=C(NCc2ccc3cc(-c4nnn[nH]4)oc3c2)C=C1Br. The van der Waals surface area contributed by atoms with Crippen LogP contribution in [0.2, 0.25) is 0 Å². The zero-order valence-electron chi connectivity index (χ0n) is 15.4. The van der Waals surface area contributed by atoms with E-state index in [-0.39, 0.29) is 5.41 Å². The van der Waals surface area contributed by atoms with Gasteiger partial charge >= 0.3 is 0 Å². The van der Waals surface area contributed by atoms with Crippen LogP contribution in [0.5, 0.6) is 0 Å². The molecule has 27 heavy (non-hydrogen) atoms. The van der Waals surface area contributed by atoms with Crippen molar-refractivity contribution in [2.24, 2.45) is 5.41 Å². The lowest BCUT2D eigenvalue weighted by Gasteiger charge is -2.31. The minimum Gasteiger partial charge on any atom is -0.453 e. The first-order chi connectivity index (χ1) is 13.1. The predicted molar refractivity (Wildman–Crippen MR) is 109 cm³/mol. The fraction of sp³-hybridized carbons (Fsp3) is 0.350. The molecule has 0 saturated carbocycles. The molecule has 0 amide bonds. The van der Waals surface area contributed by atoms with Gasteiger partial charge in [-0.2, -0.15) is 0 Å². The number of hydrogen-bond acceptors (Lipinski definition) is 5. The van der Waals surface area contributed by atoms with Gasteiger partial charge in [0.2, 0.25) is 5.82 Å². The largest absolute Gasteiger partial charge is 0.453 e. The lowest BCUT2D eigenvalue weighted by molar-refractivity contribution is 0.379. The predicted octanol–water partition coefficient (Wildman–Crippen LogP) is 5.08. The Morgan fingerprint density at radius 3 is 2.96 bits per heavy atom. The van der Waals surface area contributed by atoms with Crippen molar-refractivity contribution in [3.05, 3.63) is 52.2 Å². The molecule has 1 unspecified atom stereocenters. The van der Waals surface area contributed by atoms with Crippen molar-refractivity contribution in [3.8, 4) is 11.6 Å². The molecule has 1 aliphatic rings. The van der Waals surface area contributed by atoms with E-state index in [2.05, 4.69) is 86.1 Å². The van der Waals surface area contributed by atoms with Gasteiger partial charge in [-0.15, -0.1) is 5.10 Å². The van der Waals surface area contributed by atoms with Crippen molar-refractivity contribution in [2.75, 3.05) is 0 Å². The van der Waals surface area contributed by atoms with Gasteiger partial charge in [0, 0.05) is 27.5 Å². The highest BCUT2D eigenvalue weighted by atomic mass is 79.9. The minimum atomic E-state index is 0.221. The molecule has 2 heterocycles. The molecule has 1 aromatic carbocycles. The second-order valence-corrected chi connectivity index (χ2v) is 8.11. The van der Waals surface area contributed by atoms with Crippen LogP contribution < -0.4 is 5.32 Å². The fourth-order valence-electron chi connectivity index (χ4n) is 3.47. The van der Waals surface area contributed by atoms with Crippen molar-refractivity contribution in [2.45, 2.75) is 39.7 Å². The van der Waals surface area contributed by atoms with Crippen LogP contribution in [0, 0.1) is 5.41 Å². The van der Waals surface area contributed by atoms with Crippen LogP contribution in [0.1, 0.15) is 38.7 Å². The van der Waals surface area contributed by atoms with Gasteiger partial charge in [-0.25, -0.2) is 5.10 Å². The number of H-pyrrole nitrogens is 1. The Kier molecular flexibility index (Phi) is 4.86. The summed E-state index contributed by atoms with van der Waals surface area (Å²) in [7, 11) is 0. The molecule has 0 fully saturated rings. The van der Waals surface area contributed by atoms with Crippen molar-refractivity contribution >= 4 is 26.9 Å². The number of nitrogens with one attached hydrogen (secondary N) is 2. The van der Waals surface area contributed by atoms with E-state index in [1.54, 1.807) is 0 Å². The van der Waals surface area contributed by atoms with Crippen LogP contribution >= 0.6 is 15.9 Å². The number of aromatic nitrogens is 4. The second kappa shape index (κ2) is 7.31. The number of rotatable bonds is 6. The summed E-state index contributed by atoms with van der Waals surface area (Å²) >= 11 is 3.78. The van der Waals surface area contributed by atoms with Crippen molar-refractivity contribution < 1.29 is 4.42 Å². The summed E-state index contributed by atoms with van der Waals surface area (Å²) in [4.78, 5) is 0. The summed E-state index contributed by atoms with van der Waals surface area (Å²) in [5, 5.41) is 18.3. The number of hydrogen-bond donors (Lipinski definition) is 2. The molecule has 140 valence electrons. The highest BCUT2D eigenvalue weighted by Crippen LogP contribution is 2.43. The Balaban J connectivity index is 1.46. The summed E-state index contributed by atoms with van der Waals surface area (Å²) in [6.07, 6.45) is 7.92. The van der Waals surface area contributed by atoms with E-state index in [0.717, 1.165) is 35.2 Å². The van der Waals surface area contributed by atoms with Crippen LogP contribution in [0.25, 0.3) is 22.6 Å². The van der Waals surface area contributed by atoms with E-state index >= 15 is 0 Å². The molecule has 1 atom stereocenters. The summed E-state index contributed by atoms with van der Waals surface area (Å²) < 4.78 is 7.15. The third-order valence-electron chi connectivity index (χ3n) is 5.09. The number of aromatic amines is 1. The number of nitrogens with zero attached hydrogens (tertiary/aromatic N) is 3. The van der Waals surface area contributed by atoms with Gasteiger partial charge < -0.3 is 9.73 Å². The molecule has 4 rings (SSSR count). The number of benzene rings is 1. The molecule has 0 aliphatic heterocycles. The Morgan fingerprint density at radius 2 is 2.22 bits per heavy atom. The summed E-state index contributed by atoms with van der Waals surface area (Å²) in [5.41, 5.74) is 3.36. The Morgan fingerprint density at radius 1 is 1.33 bits per heavy atom. The minimum absolute atomic E-state index is 0.221. The molecule has 2 aromatic heterocycles. The maximum absolute atomic E-state index is 5.88. The van der Waals surface area contributed by atoms with E-state index < -0.39 is 0 Å². The zero-order valence-corrected chi connectivity index (χ0v) is 17.0. The Hall–Kier alpha value is -2.41. The van der Waals surface area contributed by atoms with Crippen LogP contribution in [0.15, 0.2) is 51.0 Å². The highest BCUT2D eigenvalue weighted by molar-refractivity contribution is 9.11. The molecule has 1 aliphatic carbocycles. The van der Waals surface area contributed by atoms with Crippen LogP contribution in [-0.2, 0) is 6.54 Å². The van der Waals surface area contributed by atoms with Gasteiger partial charge in [0.1, 0.15) is 5.58 Å². The normalized spacial score (nSPS) is 19.8. The average Bonchev–Trinajstić information content (AvgIpc) is 3.32. The van der Waals surface area contributed by atoms with Crippen LogP contribution in [-0.4, -0.2) is 20.6 Å². The Labute approximate surface area is 166 Å². The van der Waals surface area contributed by atoms with Gasteiger partial charge in [0.05, 0.1) is 0 Å². The van der Waals surface area contributed by atoms with E-state index in [4.69, 9.17) is 4.42 Å². The van der Waals surface area contributed by atoms with E-state index in [1.807, 2.05) is 6.07 Å². The van der Waals surface area contributed by atoms with Gasteiger partial charge in [-0.1, -0.05) is 54.4 Å². The maximum Gasteiger partial charge on any atom is 0.215 e. The molecular weight excluding hydrogens is 406 g/mol. The summed E-state index contributed by atoms with van der Waals surface area (Å²) in [5.74, 6) is 1.17. The monoisotopic (exact) mass is 427 g/mol. The van der Waals surface area contributed by atoms with Crippen molar-refractivity contribution in [1.29, 1.82) is 0 Å². The molecule has 7 heteroatoms. The highest BCUT2D eigenvalue weighted by Gasteiger charge is 2.28. The lowest BCUT2D eigenvalue weighted by Crippen LogP contribution is -2.22. The van der Waals surface area contributed by atoms with Crippen LogP contribution in [0.3, 0.4) is 0 Å². The third-order valence-corrected chi connectivity index (χ3v) is 6.28. The number of fused-ring (bicyclic) bond motifs is 1. The maximum atomic E-state index is 5.88. The molecule has 0 radical (unpaired) electrons. The number of halogens is 1. The quantitative estimate of drug-likeness (QED) is 0.573. The molecule has 0 spiro atoms. The van der Waals surface area contributed by atoms with E-state index in [1.165, 1.54) is 17.3 Å².